The molecule has 1 heteroatoms. The lowest BCUT2D eigenvalue weighted by Gasteiger charge is -2.08. The largest absolute Gasteiger partial charge is 0.212 e. The van der Waals surface area contributed by atoms with Gasteiger partial charge in [-0.05, 0) is 44.0 Å². The molecule has 1 nitrogen and oxygen atoms in total. The SMILES string of the molecule is [2H]C([2H])([2H])c1cc(C)c(C)c(-c2cccc[n+]2C)c1. The molecule has 16 heavy (non-hydrogen) atoms. The molecule has 0 aliphatic heterocycles. The van der Waals surface area contributed by atoms with E-state index in [0.29, 0.717) is 5.56 Å². The Balaban J connectivity index is 2.70. The number of pyridine rings is 1. The molecule has 82 valence electrons. The third-order valence-corrected chi connectivity index (χ3v) is 3.00. The van der Waals surface area contributed by atoms with Gasteiger partial charge < -0.3 is 0 Å². The fourth-order valence-corrected chi connectivity index (χ4v) is 1.93. The standard InChI is InChI=1S/C15H18N/c1-11-9-12(2)13(3)14(10-11)15-7-5-6-8-16(15)4/h5-10H,1-4H3/q+1/i1D3. The minimum absolute atomic E-state index is 0.398. The van der Waals surface area contributed by atoms with E-state index in [0.717, 1.165) is 22.4 Å². The molecule has 1 aromatic carbocycles. The van der Waals surface area contributed by atoms with Gasteiger partial charge in [0.15, 0.2) is 6.20 Å². The molecule has 1 aromatic heterocycles. The Hall–Kier alpha value is -1.63. The highest BCUT2D eigenvalue weighted by Crippen LogP contribution is 2.24. The van der Waals surface area contributed by atoms with Gasteiger partial charge in [-0.3, -0.25) is 0 Å². The molecule has 0 unspecified atom stereocenters. The number of aryl methyl sites for hydroxylation is 3. The highest BCUT2D eigenvalue weighted by molar-refractivity contribution is 5.63. The van der Waals surface area contributed by atoms with Crippen molar-refractivity contribution in [1.29, 1.82) is 0 Å². The second kappa shape index (κ2) is 4.09. The molecular formula is C15H18N+. The summed E-state index contributed by atoms with van der Waals surface area (Å²) in [6, 6.07) is 9.47. The summed E-state index contributed by atoms with van der Waals surface area (Å²) in [7, 11) is 1.96. The monoisotopic (exact) mass is 215 g/mol. The number of benzene rings is 1. The molecule has 0 atom stereocenters. The van der Waals surface area contributed by atoms with Crippen LogP contribution in [0.5, 0.6) is 0 Å². The Morgan fingerprint density at radius 2 is 2.00 bits per heavy atom. The van der Waals surface area contributed by atoms with Crippen molar-refractivity contribution in [1.82, 2.24) is 0 Å². The lowest BCUT2D eigenvalue weighted by Crippen LogP contribution is -2.30. The molecule has 0 saturated carbocycles. The van der Waals surface area contributed by atoms with Gasteiger partial charge in [-0.15, -0.1) is 0 Å². The van der Waals surface area contributed by atoms with Crippen LogP contribution in [-0.4, -0.2) is 0 Å². The molecular weight excluding hydrogens is 194 g/mol. The Kier molecular flexibility index (Phi) is 1.95. The average Bonchev–Trinajstić information content (AvgIpc) is 2.32. The van der Waals surface area contributed by atoms with E-state index in [1.54, 1.807) is 12.1 Å². The third-order valence-electron chi connectivity index (χ3n) is 3.00. The summed E-state index contributed by atoms with van der Waals surface area (Å²) in [5, 5.41) is 0. The van der Waals surface area contributed by atoms with Gasteiger partial charge in [0.1, 0.15) is 7.05 Å². The number of hydrogen-bond acceptors (Lipinski definition) is 0. The van der Waals surface area contributed by atoms with Crippen LogP contribution < -0.4 is 4.57 Å². The third kappa shape index (κ3) is 1.85. The predicted octanol–water partition coefficient (Wildman–Crippen LogP) is 3.10. The highest BCUT2D eigenvalue weighted by Gasteiger charge is 2.12. The van der Waals surface area contributed by atoms with Crippen molar-refractivity contribution in [3.05, 3.63) is 53.2 Å². The number of aromatic nitrogens is 1. The van der Waals surface area contributed by atoms with Gasteiger partial charge in [0.05, 0.1) is 0 Å². The Bertz CT molecular complexity index is 615. The first-order valence-corrected chi connectivity index (χ1v) is 5.37. The zero-order chi connectivity index (χ0) is 14.2. The molecule has 2 aromatic rings. The maximum Gasteiger partial charge on any atom is 0.212 e. The van der Waals surface area contributed by atoms with E-state index in [2.05, 4.69) is 0 Å². The lowest BCUT2D eigenvalue weighted by atomic mass is 9.97. The maximum atomic E-state index is 7.58. The zero-order valence-corrected chi connectivity index (χ0v) is 9.91. The smallest absolute Gasteiger partial charge is 0.201 e. The van der Waals surface area contributed by atoms with Gasteiger partial charge >= 0.3 is 0 Å². The van der Waals surface area contributed by atoms with Crippen molar-refractivity contribution in [2.75, 3.05) is 0 Å². The zero-order valence-electron chi connectivity index (χ0n) is 12.9. The van der Waals surface area contributed by atoms with Crippen LogP contribution in [0.2, 0.25) is 0 Å². The van der Waals surface area contributed by atoms with Crippen molar-refractivity contribution in [3.63, 3.8) is 0 Å². The van der Waals surface area contributed by atoms with E-state index < -0.39 is 6.85 Å². The minimum Gasteiger partial charge on any atom is -0.201 e. The Morgan fingerprint density at radius 1 is 1.19 bits per heavy atom. The molecule has 0 fully saturated rings. The predicted molar refractivity (Wildman–Crippen MR) is 67.3 cm³/mol. The molecule has 0 aliphatic carbocycles. The van der Waals surface area contributed by atoms with Gasteiger partial charge in [-0.25, -0.2) is 4.57 Å². The van der Waals surface area contributed by atoms with Crippen molar-refractivity contribution in [3.8, 4) is 11.3 Å². The first-order valence-electron chi connectivity index (χ1n) is 6.87. The highest BCUT2D eigenvalue weighted by atomic mass is 14.9. The summed E-state index contributed by atoms with van der Waals surface area (Å²) in [5.74, 6) is 0. The van der Waals surface area contributed by atoms with Crippen molar-refractivity contribution in [2.45, 2.75) is 20.7 Å². The van der Waals surface area contributed by atoms with Crippen LogP contribution in [0.3, 0.4) is 0 Å². The van der Waals surface area contributed by atoms with Crippen molar-refractivity contribution >= 4 is 0 Å². The van der Waals surface area contributed by atoms with Crippen LogP contribution in [0.1, 0.15) is 20.8 Å². The number of hydrogen-bond donors (Lipinski definition) is 0. The van der Waals surface area contributed by atoms with Crippen LogP contribution in [0, 0.1) is 20.7 Å². The van der Waals surface area contributed by atoms with Crippen LogP contribution in [-0.2, 0) is 7.05 Å². The summed E-state index contributed by atoms with van der Waals surface area (Å²) < 4.78 is 24.7. The molecule has 0 aliphatic rings. The molecule has 0 spiro atoms. The van der Waals surface area contributed by atoms with Crippen molar-refractivity contribution in [2.24, 2.45) is 7.05 Å². The molecule has 0 bridgehead atoms. The number of rotatable bonds is 1. The van der Waals surface area contributed by atoms with Gasteiger partial charge in [0.25, 0.3) is 0 Å². The van der Waals surface area contributed by atoms with Gasteiger partial charge in [-0.1, -0.05) is 11.6 Å². The van der Waals surface area contributed by atoms with E-state index in [9.17, 15) is 0 Å². The topological polar surface area (TPSA) is 3.88 Å². The van der Waals surface area contributed by atoms with Gasteiger partial charge in [0, 0.05) is 21.8 Å². The van der Waals surface area contributed by atoms with Crippen LogP contribution >= 0.6 is 0 Å². The van der Waals surface area contributed by atoms with Gasteiger partial charge in [-0.2, -0.15) is 0 Å². The Morgan fingerprint density at radius 3 is 2.69 bits per heavy atom. The summed E-state index contributed by atoms with van der Waals surface area (Å²) in [4.78, 5) is 0. The van der Waals surface area contributed by atoms with E-state index in [1.807, 2.05) is 49.9 Å². The normalized spacial score (nSPS) is 14.1. The lowest BCUT2D eigenvalue weighted by molar-refractivity contribution is -0.660. The van der Waals surface area contributed by atoms with E-state index in [1.165, 1.54) is 0 Å². The molecule has 1 heterocycles. The molecule has 2 rings (SSSR count). The second-order valence-electron chi connectivity index (χ2n) is 4.16. The van der Waals surface area contributed by atoms with Crippen LogP contribution in [0.4, 0.5) is 0 Å². The maximum absolute atomic E-state index is 7.58. The first kappa shape index (κ1) is 7.61. The summed E-state index contributed by atoms with van der Waals surface area (Å²) in [6.45, 7) is 1.92. The van der Waals surface area contributed by atoms with E-state index in [-0.39, 0.29) is 0 Å². The molecule has 0 N–H and O–H groups in total. The second-order valence-corrected chi connectivity index (χ2v) is 4.16. The van der Waals surface area contributed by atoms with Crippen LogP contribution in [0.15, 0.2) is 36.5 Å². The first-order chi connectivity index (χ1) is 8.80. The minimum atomic E-state index is -2.07. The molecule has 0 saturated heterocycles. The molecule has 0 radical (unpaired) electrons. The summed E-state index contributed by atoms with van der Waals surface area (Å²) in [6.07, 6.45) is 1.96. The molecule has 0 amide bonds. The Labute approximate surface area is 102 Å². The van der Waals surface area contributed by atoms with E-state index >= 15 is 0 Å². The van der Waals surface area contributed by atoms with Crippen molar-refractivity contribution < 1.29 is 8.68 Å². The quantitative estimate of drug-likeness (QED) is 0.644. The number of nitrogens with zero attached hydrogens (tertiary/aromatic N) is 1. The summed E-state index contributed by atoms with van der Waals surface area (Å²) >= 11 is 0. The van der Waals surface area contributed by atoms with Gasteiger partial charge in [0.2, 0.25) is 5.69 Å². The summed E-state index contributed by atoms with van der Waals surface area (Å²) in [5.41, 5.74) is 4.53. The van der Waals surface area contributed by atoms with Crippen LogP contribution in [0.25, 0.3) is 11.3 Å². The van der Waals surface area contributed by atoms with E-state index in [4.69, 9.17) is 4.11 Å². The fourth-order valence-electron chi connectivity index (χ4n) is 1.93. The average molecular weight is 215 g/mol. The fraction of sp³-hybridized carbons (Fsp3) is 0.267.